The van der Waals surface area contributed by atoms with E-state index in [1.54, 1.807) is 27.7 Å². The van der Waals surface area contributed by atoms with E-state index in [1.807, 2.05) is 0 Å². The molecule has 0 aliphatic carbocycles. The molecule has 1 atom stereocenters. The molecule has 0 saturated carbocycles. The molecule has 5 nitrogen and oxygen atoms in total. The summed E-state index contributed by atoms with van der Waals surface area (Å²) in [6.45, 7) is 7.96. The van der Waals surface area contributed by atoms with Crippen LogP contribution in [-0.4, -0.2) is 40.7 Å². The molecule has 1 aliphatic rings. The van der Waals surface area contributed by atoms with Crippen LogP contribution in [0.5, 0.6) is 0 Å². The summed E-state index contributed by atoms with van der Waals surface area (Å²) in [6.07, 6.45) is 0.164. The SMILES string of the molecule is CC(C)(C)OC(=O)N1CC[C@@](C)(OC(=O)Cl)C1. The van der Waals surface area contributed by atoms with Crippen molar-refractivity contribution in [3.63, 3.8) is 0 Å². The normalized spacial score (nSPS) is 24.6. The lowest BCUT2D eigenvalue weighted by molar-refractivity contribution is 0.0168. The summed E-state index contributed by atoms with van der Waals surface area (Å²) >= 11 is 5.19. The molecule has 0 N–H and O–H groups in total. The van der Waals surface area contributed by atoms with Crippen molar-refractivity contribution >= 4 is 23.1 Å². The Morgan fingerprint density at radius 1 is 1.35 bits per heavy atom. The number of likely N-dealkylation sites (tertiary alicyclic amines) is 1. The third kappa shape index (κ3) is 4.42. The first-order valence-electron chi connectivity index (χ1n) is 5.48. The molecule has 1 heterocycles. The second-order valence-electron chi connectivity index (χ2n) is 5.44. The number of amides is 1. The number of carbonyl (C=O) groups is 2. The maximum absolute atomic E-state index is 11.8. The van der Waals surface area contributed by atoms with Crippen LogP contribution in [0.4, 0.5) is 9.59 Å². The van der Waals surface area contributed by atoms with Crippen molar-refractivity contribution in [1.29, 1.82) is 0 Å². The van der Waals surface area contributed by atoms with Gasteiger partial charge in [-0.05, 0) is 27.7 Å². The van der Waals surface area contributed by atoms with Crippen molar-refractivity contribution in [1.82, 2.24) is 4.90 Å². The molecule has 98 valence electrons. The molecule has 0 radical (unpaired) electrons. The van der Waals surface area contributed by atoms with E-state index in [-0.39, 0.29) is 0 Å². The number of halogens is 1. The van der Waals surface area contributed by atoms with Crippen LogP contribution >= 0.6 is 11.6 Å². The highest BCUT2D eigenvalue weighted by Gasteiger charge is 2.40. The fourth-order valence-electron chi connectivity index (χ4n) is 1.69. The number of ether oxygens (including phenoxy) is 2. The van der Waals surface area contributed by atoms with Crippen LogP contribution in [0.3, 0.4) is 0 Å². The van der Waals surface area contributed by atoms with Crippen LogP contribution < -0.4 is 0 Å². The molecule has 1 aliphatic heterocycles. The Balaban J connectivity index is 2.55. The van der Waals surface area contributed by atoms with Crippen molar-refractivity contribution in [3.05, 3.63) is 0 Å². The molecule has 0 unspecified atom stereocenters. The van der Waals surface area contributed by atoms with Gasteiger partial charge in [0.15, 0.2) is 0 Å². The Labute approximate surface area is 106 Å². The molecule has 6 heteroatoms. The Hall–Kier alpha value is -0.970. The molecule has 1 saturated heterocycles. The van der Waals surface area contributed by atoms with E-state index in [4.69, 9.17) is 21.1 Å². The number of hydrogen-bond acceptors (Lipinski definition) is 4. The fourth-order valence-corrected chi connectivity index (χ4v) is 1.88. The van der Waals surface area contributed by atoms with Gasteiger partial charge in [-0.1, -0.05) is 0 Å². The largest absolute Gasteiger partial charge is 0.445 e. The fraction of sp³-hybridized carbons (Fsp3) is 0.818. The summed E-state index contributed by atoms with van der Waals surface area (Å²) in [7, 11) is 0. The van der Waals surface area contributed by atoms with Gasteiger partial charge in [0.2, 0.25) is 0 Å². The standard InChI is InChI=1S/C11H18ClNO4/c1-10(2,3)17-9(15)13-6-5-11(4,7-13)16-8(12)14/h5-7H2,1-4H3/t11-/m1/s1. The lowest BCUT2D eigenvalue weighted by Crippen LogP contribution is -2.39. The van der Waals surface area contributed by atoms with Crippen LogP contribution in [0.15, 0.2) is 0 Å². The third-order valence-electron chi connectivity index (χ3n) is 2.41. The lowest BCUT2D eigenvalue weighted by Gasteiger charge is -2.26. The summed E-state index contributed by atoms with van der Waals surface area (Å²) in [5.41, 5.74) is -2.09. The van der Waals surface area contributed by atoms with E-state index < -0.39 is 22.7 Å². The van der Waals surface area contributed by atoms with Crippen LogP contribution in [0.2, 0.25) is 0 Å². The third-order valence-corrected chi connectivity index (χ3v) is 2.49. The number of hydrogen-bond donors (Lipinski definition) is 0. The van der Waals surface area contributed by atoms with E-state index in [2.05, 4.69) is 0 Å². The van der Waals surface area contributed by atoms with Crippen LogP contribution in [0.25, 0.3) is 0 Å². The monoisotopic (exact) mass is 263 g/mol. The predicted octanol–water partition coefficient (Wildman–Crippen LogP) is 2.76. The molecule has 0 bridgehead atoms. The van der Waals surface area contributed by atoms with Crippen LogP contribution in [-0.2, 0) is 9.47 Å². The smallest absolute Gasteiger partial charge is 0.410 e. The van der Waals surface area contributed by atoms with Crippen molar-refractivity contribution in [2.45, 2.75) is 45.3 Å². The molecular weight excluding hydrogens is 246 g/mol. The maximum atomic E-state index is 11.8. The van der Waals surface area contributed by atoms with E-state index >= 15 is 0 Å². The topological polar surface area (TPSA) is 55.8 Å². The molecule has 0 spiro atoms. The van der Waals surface area contributed by atoms with Crippen molar-refractivity contribution in [3.8, 4) is 0 Å². The van der Waals surface area contributed by atoms with E-state index in [9.17, 15) is 9.59 Å². The molecule has 17 heavy (non-hydrogen) atoms. The molecule has 0 aromatic carbocycles. The van der Waals surface area contributed by atoms with Gasteiger partial charge in [0, 0.05) is 24.6 Å². The minimum Gasteiger partial charge on any atom is -0.445 e. The maximum Gasteiger partial charge on any atom is 0.410 e. The van der Waals surface area contributed by atoms with Gasteiger partial charge in [-0.3, -0.25) is 0 Å². The summed E-state index contributed by atoms with van der Waals surface area (Å²) in [5.74, 6) is 0. The summed E-state index contributed by atoms with van der Waals surface area (Å²) in [6, 6.07) is 0. The predicted molar refractivity (Wildman–Crippen MR) is 63.2 cm³/mol. The molecule has 1 fully saturated rings. The zero-order valence-electron chi connectivity index (χ0n) is 10.6. The van der Waals surface area contributed by atoms with Gasteiger partial charge in [-0.25, -0.2) is 9.59 Å². The molecular formula is C11H18ClNO4. The zero-order valence-corrected chi connectivity index (χ0v) is 11.3. The van der Waals surface area contributed by atoms with Crippen molar-refractivity contribution in [2.24, 2.45) is 0 Å². The van der Waals surface area contributed by atoms with E-state index in [0.717, 1.165) is 0 Å². The first kappa shape index (κ1) is 14.1. The van der Waals surface area contributed by atoms with Crippen molar-refractivity contribution < 1.29 is 19.1 Å². The highest BCUT2D eigenvalue weighted by Crippen LogP contribution is 2.27. The first-order valence-corrected chi connectivity index (χ1v) is 5.85. The highest BCUT2D eigenvalue weighted by atomic mass is 35.5. The summed E-state index contributed by atoms with van der Waals surface area (Å²) in [4.78, 5) is 24.0. The number of nitrogens with zero attached hydrogens (tertiary/aromatic N) is 1. The average Bonchev–Trinajstić information content (AvgIpc) is 2.43. The van der Waals surface area contributed by atoms with Crippen LogP contribution in [0, 0.1) is 0 Å². The highest BCUT2D eigenvalue weighted by molar-refractivity contribution is 6.61. The minimum atomic E-state index is -0.849. The van der Waals surface area contributed by atoms with Gasteiger partial charge in [0.25, 0.3) is 0 Å². The Morgan fingerprint density at radius 3 is 2.41 bits per heavy atom. The van der Waals surface area contributed by atoms with E-state index in [1.165, 1.54) is 4.90 Å². The average molecular weight is 264 g/mol. The van der Waals surface area contributed by atoms with Gasteiger partial charge < -0.3 is 14.4 Å². The number of rotatable bonds is 1. The van der Waals surface area contributed by atoms with E-state index in [0.29, 0.717) is 19.5 Å². The van der Waals surface area contributed by atoms with Gasteiger partial charge in [-0.2, -0.15) is 0 Å². The summed E-state index contributed by atoms with van der Waals surface area (Å²) < 4.78 is 10.2. The second kappa shape index (κ2) is 4.72. The Kier molecular flexibility index (Phi) is 3.91. The van der Waals surface area contributed by atoms with Crippen molar-refractivity contribution in [2.75, 3.05) is 13.1 Å². The lowest BCUT2D eigenvalue weighted by atomic mass is 10.1. The first-order chi connectivity index (χ1) is 7.61. The summed E-state index contributed by atoms with van der Waals surface area (Å²) in [5, 5.41) is 0. The molecule has 0 aromatic rings. The quantitative estimate of drug-likeness (QED) is 0.683. The van der Waals surface area contributed by atoms with Gasteiger partial charge in [0.05, 0.1) is 6.54 Å². The molecule has 1 amide bonds. The van der Waals surface area contributed by atoms with Gasteiger partial charge in [-0.15, -0.1) is 0 Å². The second-order valence-corrected chi connectivity index (χ2v) is 5.75. The zero-order chi connectivity index (χ0) is 13.3. The Bertz CT molecular complexity index is 326. The van der Waals surface area contributed by atoms with Gasteiger partial charge in [0.1, 0.15) is 11.2 Å². The molecule has 1 rings (SSSR count). The number of carbonyl (C=O) groups excluding carboxylic acids is 2. The minimum absolute atomic E-state index is 0.306. The van der Waals surface area contributed by atoms with Crippen LogP contribution in [0.1, 0.15) is 34.1 Å². The van der Waals surface area contributed by atoms with Gasteiger partial charge >= 0.3 is 11.5 Å². The molecule has 0 aromatic heterocycles. The Morgan fingerprint density at radius 2 is 1.94 bits per heavy atom.